The Bertz CT molecular complexity index is 293. The van der Waals surface area contributed by atoms with Gasteiger partial charge in [0.25, 0.3) is 0 Å². The van der Waals surface area contributed by atoms with Crippen molar-refractivity contribution in [2.24, 2.45) is 5.10 Å². The second kappa shape index (κ2) is 5.09. The monoisotopic (exact) mass is 176 g/mol. The van der Waals surface area contributed by atoms with Crippen molar-refractivity contribution in [1.29, 1.82) is 0 Å². The lowest BCUT2D eigenvalue weighted by atomic mass is 10.2. The van der Waals surface area contributed by atoms with E-state index in [1.165, 1.54) is 12.5 Å². The molecule has 0 radical (unpaired) electrons. The molecule has 0 unspecified atom stereocenters. The van der Waals surface area contributed by atoms with E-state index < -0.39 is 0 Å². The predicted molar refractivity (Wildman–Crippen MR) is 52.5 cm³/mol. The lowest BCUT2D eigenvalue weighted by molar-refractivity contribution is -0.118. The summed E-state index contributed by atoms with van der Waals surface area (Å²) in [4.78, 5) is 10.4. The summed E-state index contributed by atoms with van der Waals surface area (Å²) in [6.45, 7) is 1.43. The van der Waals surface area contributed by atoms with Crippen LogP contribution in [0.3, 0.4) is 0 Å². The molecule has 0 atom stereocenters. The van der Waals surface area contributed by atoms with Crippen molar-refractivity contribution in [1.82, 2.24) is 5.43 Å². The molecule has 0 aliphatic heterocycles. The lowest BCUT2D eigenvalue weighted by Gasteiger charge is -1.94. The predicted octanol–water partition coefficient (Wildman–Crippen LogP) is 1.35. The smallest absolute Gasteiger partial charge is 0.236 e. The number of carbonyl (C=O) groups is 1. The van der Waals surface area contributed by atoms with E-state index in [1.807, 2.05) is 30.3 Å². The van der Waals surface area contributed by atoms with Gasteiger partial charge in [0.2, 0.25) is 5.91 Å². The van der Waals surface area contributed by atoms with Crippen molar-refractivity contribution >= 4 is 12.1 Å². The average Bonchev–Trinajstić information content (AvgIpc) is 2.14. The maximum atomic E-state index is 10.4. The Kier molecular flexibility index (Phi) is 3.70. The van der Waals surface area contributed by atoms with Crippen molar-refractivity contribution in [2.45, 2.75) is 13.3 Å². The highest BCUT2D eigenvalue weighted by atomic mass is 16.2. The first kappa shape index (κ1) is 9.45. The van der Waals surface area contributed by atoms with E-state index in [4.69, 9.17) is 0 Å². The van der Waals surface area contributed by atoms with E-state index in [0.29, 0.717) is 0 Å². The molecule has 0 aromatic heterocycles. The molecule has 0 aliphatic carbocycles. The molecule has 1 amide bonds. The van der Waals surface area contributed by atoms with Gasteiger partial charge < -0.3 is 0 Å². The van der Waals surface area contributed by atoms with Gasteiger partial charge in [-0.2, -0.15) is 5.10 Å². The summed E-state index contributed by atoms with van der Waals surface area (Å²) in [5.41, 5.74) is 3.52. The van der Waals surface area contributed by atoms with Crippen LogP contribution >= 0.6 is 0 Å². The van der Waals surface area contributed by atoms with E-state index in [-0.39, 0.29) is 5.91 Å². The number of amides is 1. The second-order valence-corrected chi connectivity index (χ2v) is 2.67. The molecule has 0 saturated carbocycles. The van der Waals surface area contributed by atoms with Crippen molar-refractivity contribution in [2.75, 3.05) is 0 Å². The third-order valence-electron chi connectivity index (χ3n) is 1.48. The van der Waals surface area contributed by atoms with Crippen LogP contribution in [0.25, 0.3) is 0 Å². The first-order valence-electron chi connectivity index (χ1n) is 4.11. The molecule has 0 fully saturated rings. The van der Waals surface area contributed by atoms with Crippen molar-refractivity contribution in [3.63, 3.8) is 0 Å². The molecule has 3 heteroatoms. The number of hydrazone groups is 1. The van der Waals surface area contributed by atoms with Gasteiger partial charge >= 0.3 is 0 Å². The van der Waals surface area contributed by atoms with Crippen LogP contribution in [0.2, 0.25) is 0 Å². The number of benzene rings is 1. The highest BCUT2D eigenvalue weighted by Gasteiger charge is 1.86. The molecular formula is C10H12N2O. The van der Waals surface area contributed by atoms with Gasteiger partial charge in [-0.3, -0.25) is 4.79 Å². The fourth-order valence-electron chi connectivity index (χ4n) is 0.902. The summed E-state index contributed by atoms with van der Waals surface area (Å²) in [5, 5.41) is 3.74. The van der Waals surface area contributed by atoms with E-state index in [9.17, 15) is 4.79 Å². The van der Waals surface area contributed by atoms with Crippen LogP contribution in [0.5, 0.6) is 0 Å². The Hall–Kier alpha value is -1.64. The Balaban J connectivity index is 2.35. The number of carbonyl (C=O) groups excluding carboxylic acids is 1. The standard InChI is InChI=1S/C10H12N2O/c1-9(13)12-11-8-7-10-5-3-2-4-6-10/h2-6,8H,7H2,1H3,(H,12,13)/b11-8+. The fraction of sp³-hybridized carbons (Fsp3) is 0.200. The Labute approximate surface area is 77.5 Å². The molecule has 1 aromatic carbocycles. The minimum Gasteiger partial charge on any atom is -0.274 e. The molecule has 1 aromatic rings. The lowest BCUT2D eigenvalue weighted by Crippen LogP contribution is -2.12. The minimum absolute atomic E-state index is 0.149. The molecule has 0 heterocycles. The normalized spacial score (nSPS) is 10.2. The molecule has 0 saturated heterocycles. The first-order chi connectivity index (χ1) is 6.29. The third-order valence-corrected chi connectivity index (χ3v) is 1.48. The van der Waals surface area contributed by atoms with E-state index in [1.54, 1.807) is 6.21 Å². The summed E-state index contributed by atoms with van der Waals surface area (Å²) in [7, 11) is 0. The van der Waals surface area contributed by atoms with Crippen LogP contribution in [0.1, 0.15) is 12.5 Å². The molecular weight excluding hydrogens is 164 g/mol. The van der Waals surface area contributed by atoms with Crippen molar-refractivity contribution in [3.8, 4) is 0 Å². The van der Waals surface area contributed by atoms with Gasteiger partial charge in [-0.1, -0.05) is 30.3 Å². The number of rotatable bonds is 3. The maximum absolute atomic E-state index is 10.4. The van der Waals surface area contributed by atoms with Gasteiger partial charge in [0.15, 0.2) is 0 Å². The highest BCUT2D eigenvalue weighted by molar-refractivity contribution is 5.74. The summed E-state index contributed by atoms with van der Waals surface area (Å²) >= 11 is 0. The van der Waals surface area contributed by atoms with Gasteiger partial charge in [0.05, 0.1) is 0 Å². The van der Waals surface area contributed by atoms with E-state index in [2.05, 4.69) is 10.5 Å². The molecule has 13 heavy (non-hydrogen) atoms. The topological polar surface area (TPSA) is 41.5 Å². The zero-order valence-corrected chi connectivity index (χ0v) is 7.53. The molecule has 0 bridgehead atoms. The number of hydrogen-bond donors (Lipinski definition) is 1. The zero-order chi connectivity index (χ0) is 9.52. The Morgan fingerprint density at radius 2 is 2.15 bits per heavy atom. The summed E-state index contributed by atoms with van der Waals surface area (Å²) in [6.07, 6.45) is 2.41. The largest absolute Gasteiger partial charge is 0.274 e. The third kappa shape index (κ3) is 4.06. The van der Waals surface area contributed by atoms with Crippen molar-refractivity contribution < 1.29 is 4.79 Å². The second-order valence-electron chi connectivity index (χ2n) is 2.67. The quantitative estimate of drug-likeness (QED) is 0.548. The molecule has 1 rings (SSSR count). The van der Waals surface area contributed by atoms with Crippen LogP contribution in [0.4, 0.5) is 0 Å². The Morgan fingerprint density at radius 1 is 1.46 bits per heavy atom. The van der Waals surface area contributed by atoms with Gasteiger partial charge in [-0.15, -0.1) is 0 Å². The van der Waals surface area contributed by atoms with Crippen LogP contribution in [-0.2, 0) is 11.2 Å². The molecule has 68 valence electrons. The molecule has 0 spiro atoms. The van der Waals surface area contributed by atoms with Crippen LogP contribution in [0.15, 0.2) is 35.4 Å². The summed E-state index contributed by atoms with van der Waals surface area (Å²) in [6, 6.07) is 9.94. The van der Waals surface area contributed by atoms with Gasteiger partial charge in [0.1, 0.15) is 0 Å². The van der Waals surface area contributed by atoms with Gasteiger partial charge in [-0.05, 0) is 5.56 Å². The van der Waals surface area contributed by atoms with Crippen molar-refractivity contribution in [3.05, 3.63) is 35.9 Å². The highest BCUT2D eigenvalue weighted by Crippen LogP contribution is 1.96. The summed E-state index contributed by atoms with van der Waals surface area (Å²) < 4.78 is 0. The average molecular weight is 176 g/mol. The Morgan fingerprint density at radius 3 is 2.77 bits per heavy atom. The molecule has 1 N–H and O–H groups in total. The van der Waals surface area contributed by atoms with Crippen LogP contribution in [-0.4, -0.2) is 12.1 Å². The van der Waals surface area contributed by atoms with E-state index >= 15 is 0 Å². The van der Waals surface area contributed by atoms with Gasteiger partial charge in [0, 0.05) is 19.6 Å². The fourth-order valence-corrected chi connectivity index (χ4v) is 0.902. The minimum atomic E-state index is -0.149. The SMILES string of the molecule is CC(=O)N/N=C/Cc1ccccc1. The zero-order valence-electron chi connectivity index (χ0n) is 7.53. The maximum Gasteiger partial charge on any atom is 0.236 e. The van der Waals surface area contributed by atoms with Gasteiger partial charge in [-0.25, -0.2) is 5.43 Å². The number of hydrogen-bond acceptors (Lipinski definition) is 2. The first-order valence-corrected chi connectivity index (χ1v) is 4.11. The number of nitrogens with one attached hydrogen (secondary N) is 1. The van der Waals surface area contributed by atoms with Crippen LogP contribution in [0, 0.1) is 0 Å². The summed E-state index contributed by atoms with van der Waals surface area (Å²) in [5.74, 6) is -0.149. The van der Waals surface area contributed by atoms with E-state index in [0.717, 1.165) is 6.42 Å². The molecule has 0 aliphatic rings. The number of nitrogens with zero attached hydrogens (tertiary/aromatic N) is 1. The molecule has 3 nitrogen and oxygen atoms in total. The van der Waals surface area contributed by atoms with Crippen LogP contribution < -0.4 is 5.43 Å².